The minimum absolute atomic E-state index is 0.0654. The molecule has 26 heavy (non-hydrogen) atoms. The highest BCUT2D eigenvalue weighted by molar-refractivity contribution is 7.88. The Morgan fingerprint density at radius 2 is 1.65 bits per heavy atom. The lowest BCUT2D eigenvalue weighted by atomic mass is 10.0. The van der Waals surface area contributed by atoms with Crippen LogP contribution >= 0.6 is 0 Å². The summed E-state index contributed by atoms with van der Waals surface area (Å²) >= 11 is 0. The van der Waals surface area contributed by atoms with Gasteiger partial charge in [-0.05, 0) is 24.8 Å². The molecule has 3 atom stereocenters. The van der Waals surface area contributed by atoms with E-state index in [1.165, 1.54) is 38.4 Å². The molecule has 1 aliphatic rings. The van der Waals surface area contributed by atoms with Crippen LogP contribution in [-0.2, 0) is 16.4 Å². The molecule has 1 heterocycles. The molecule has 4 nitrogen and oxygen atoms in total. The van der Waals surface area contributed by atoms with E-state index in [0.29, 0.717) is 12.8 Å². The van der Waals surface area contributed by atoms with Crippen molar-refractivity contribution in [2.75, 3.05) is 6.26 Å². The van der Waals surface area contributed by atoms with Crippen LogP contribution in [0.4, 0.5) is 0 Å². The van der Waals surface area contributed by atoms with Gasteiger partial charge < -0.3 is 5.11 Å². The maximum atomic E-state index is 12.4. The van der Waals surface area contributed by atoms with Crippen LogP contribution in [0.2, 0.25) is 0 Å². The van der Waals surface area contributed by atoms with Crippen molar-refractivity contribution in [3.8, 4) is 0 Å². The number of hydrogen-bond acceptors (Lipinski definition) is 3. The van der Waals surface area contributed by atoms with Crippen LogP contribution in [0.3, 0.4) is 0 Å². The number of hydrogen-bond donors (Lipinski definition) is 1. The molecular weight excluding hydrogens is 346 g/mol. The topological polar surface area (TPSA) is 57.6 Å². The molecule has 0 radical (unpaired) electrons. The van der Waals surface area contributed by atoms with E-state index < -0.39 is 16.1 Å². The summed E-state index contributed by atoms with van der Waals surface area (Å²) in [6, 6.07) is 9.45. The highest BCUT2D eigenvalue weighted by atomic mass is 32.2. The summed E-state index contributed by atoms with van der Waals surface area (Å²) in [5.41, 5.74) is 1.07. The molecule has 148 valence electrons. The van der Waals surface area contributed by atoms with Crippen LogP contribution in [0, 0.1) is 0 Å². The van der Waals surface area contributed by atoms with Gasteiger partial charge in [0, 0.05) is 6.04 Å². The molecule has 1 aromatic carbocycles. The van der Waals surface area contributed by atoms with Crippen LogP contribution in [0.1, 0.15) is 70.3 Å². The van der Waals surface area contributed by atoms with Gasteiger partial charge in [0.1, 0.15) is 0 Å². The molecule has 1 fully saturated rings. The minimum atomic E-state index is -3.34. The number of sulfonamides is 1. The molecule has 2 rings (SSSR count). The second-order valence-corrected chi connectivity index (χ2v) is 9.60. The fraction of sp³-hybridized carbons (Fsp3) is 0.714. The van der Waals surface area contributed by atoms with Gasteiger partial charge in [0.25, 0.3) is 0 Å². The summed E-state index contributed by atoms with van der Waals surface area (Å²) < 4.78 is 26.4. The van der Waals surface area contributed by atoms with Gasteiger partial charge in [0.05, 0.1) is 18.4 Å². The van der Waals surface area contributed by atoms with Crippen molar-refractivity contribution >= 4 is 10.0 Å². The van der Waals surface area contributed by atoms with Gasteiger partial charge in [-0.25, -0.2) is 8.42 Å². The van der Waals surface area contributed by atoms with E-state index in [4.69, 9.17) is 0 Å². The average Bonchev–Trinajstić information content (AvgIpc) is 2.91. The lowest BCUT2D eigenvalue weighted by Crippen LogP contribution is -2.44. The van der Waals surface area contributed by atoms with Gasteiger partial charge in [-0.15, -0.1) is 0 Å². The number of rotatable bonds is 11. The van der Waals surface area contributed by atoms with Gasteiger partial charge in [-0.1, -0.05) is 82.2 Å². The molecule has 3 unspecified atom stereocenters. The summed E-state index contributed by atoms with van der Waals surface area (Å²) in [4.78, 5) is 0. The molecule has 1 aromatic rings. The summed E-state index contributed by atoms with van der Waals surface area (Å²) in [7, 11) is -3.34. The smallest absolute Gasteiger partial charge is 0.211 e. The predicted molar refractivity (Wildman–Crippen MR) is 108 cm³/mol. The Balaban J connectivity index is 1.92. The van der Waals surface area contributed by atoms with E-state index in [0.717, 1.165) is 24.8 Å². The van der Waals surface area contributed by atoms with Crippen molar-refractivity contribution < 1.29 is 13.5 Å². The first-order chi connectivity index (χ1) is 12.4. The second-order valence-electron chi connectivity index (χ2n) is 7.72. The fourth-order valence-corrected chi connectivity index (χ4v) is 5.60. The van der Waals surface area contributed by atoms with Crippen LogP contribution in [-0.4, -0.2) is 42.3 Å². The Morgan fingerprint density at radius 1 is 1.04 bits per heavy atom. The van der Waals surface area contributed by atoms with Crippen molar-refractivity contribution in [3.63, 3.8) is 0 Å². The van der Waals surface area contributed by atoms with E-state index in [2.05, 4.69) is 6.92 Å². The van der Waals surface area contributed by atoms with Crippen LogP contribution in [0.25, 0.3) is 0 Å². The van der Waals surface area contributed by atoms with E-state index in [9.17, 15) is 13.5 Å². The highest BCUT2D eigenvalue weighted by Crippen LogP contribution is 2.32. The zero-order valence-corrected chi connectivity index (χ0v) is 17.1. The first-order valence-corrected chi connectivity index (χ1v) is 12.0. The monoisotopic (exact) mass is 381 g/mol. The first kappa shape index (κ1) is 21.4. The molecule has 1 N–H and O–H groups in total. The zero-order valence-electron chi connectivity index (χ0n) is 16.3. The van der Waals surface area contributed by atoms with Crippen molar-refractivity contribution in [2.45, 2.75) is 89.3 Å². The third-order valence-corrected chi connectivity index (χ3v) is 6.79. The van der Waals surface area contributed by atoms with E-state index in [1.807, 2.05) is 30.3 Å². The number of nitrogens with zero attached hydrogens (tertiary/aromatic N) is 1. The molecule has 1 aliphatic heterocycles. The summed E-state index contributed by atoms with van der Waals surface area (Å²) in [6.45, 7) is 2.22. The van der Waals surface area contributed by atoms with Crippen LogP contribution in [0.5, 0.6) is 0 Å². The molecule has 0 bridgehead atoms. The Hall–Kier alpha value is -0.910. The molecule has 1 saturated heterocycles. The first-order valence-electron chi connectivity index (χ1n) is 10.1. The maximum Gasteiger partial charge on any atom is 0.211 e. The third-order valence-electron chi connectivity index (χ3n) is 5.46. The lowest BCUT2D eigenvalue weighted by Gasteiger charge is -2.28. The zero-order chi connectivity index (χ0) is 19.0. The van der Waals surface area contributed by atoms with Gasteiger partial charge in [-0.3, -0.25) is 0 Å². The predicted octanol–water partition coefficient (Wildman–Crippen LogP) is 4.13. The van der Waals surface area contributed by atoms with Gasteiger partial charge >= 0.3 is 0 Å². The standard InChI is InChI=1S/C21H35NO3S/c1-3-4-5-6-7-8-12-15-19-17-21(23)20(22(19)26(2,24)25)16-18-13-10-9-11-14-18/h9-11,13-14,19-21,23H,3-8,12,15-17H2,1-2H3. The fourth-order valence-electron chi connectivity index (χ4n) is 4.16. The molecule has 0 aromatic heterocycles. The average molecular weight is 382 g/mol. The quantitative estimate of drug-likeness (QED) is 0.586. The van der Waals surface area contributed by atoms with E-state index in [1.54, 1.807) is 4.31 Å². The largest absolute Gasteiger partial charge is 0.391 e. The van der Waals surface area contributed by atoms with Crippen LogP contribution < -0.4 is 0 Å². The minimum Gasteiger partial charge on any atom is -0.391 e. The van der Waals surface area contributed by atoms with E-state index >= 15 is 0 Å². The van der Waals surface area contributed by atoms with Crippen LogP contribution in [0.15, 0.2) is 30.3 Å². The molecule has 0 aliphatic carbocycles. The van der Waals surface area contributed by atoms with Crippen molar-refractivity contribution in [2.24, 2.45) is 0 Å². The molecule has 5 heteroatoms. The number of aliphatic hydroxyl groups excluding tert-OH is 1. The molecule has 0 spiro atoms. The Morgan fingerprint density at radius 3 is 2.27 bits per heavy atom. The molecular formula is C21H35NO3S. The summed E-state index contributed by atoms with van der Waals surface area (Å²) in [5, 5.41) is 10.5. The third kappa shape index (κ3) is 6.36. The molecule has 0 amide bonds. The van der Waals surface area contributed by atoms with Crippen molar-refractivity contribution in [3.05, 3.63) is 35.9 Å². The van der Waals surface area contributed by atoms with Gasteiger partial charge in [0.2, 0.25) is 10.0 Å². The van der Waals surface area contributed by atoms with Crippen molar-refractivity contribution in [1.82, 2.24) is 4.31 Å². The number of aliphatic hydroxyl groups is 1. The van der Waals surface area contributed by atoms with Gasteiger partial charge in [0.15, 0.2) is 0 Å². The number of unbranched alkanes of at least 4 members (excludes halogenated alkanes) is 6. The van der Waals surface area contributed by atoms with Crippen molar-refractivity contribution in [1.29, 1.82) is 0 Å². The SMILES string of the molecule is CCCCCCCCCC1CC(O)C(Cc2ccccc2)N1S(C)(=O)=O. The van der Waals surface area contributed by atoms with Gasteiger partial charge in [-0.2, -0.15) is 4.31 Å². The Labute approximate surface area is 159 Å². The Bertz CT molecular complexity index is 617. The summed E-state index contributed by atoms with van der Waals surface area (Å²) in [6.07, 6.45) is 11.2. The normalized spacial score (nSPS) is 24.2. The molecule has 0 saturated carbocycles. The highest BCUT2D eigenvalue weighted by Gasteiger charge is 2.44. The lowest BCUT2D eigenvalue weighted by molar-refractivity contribution is 0.141. The number of benzene rings is 1. The summed E-state index contributed by atoms with van der Waals surface area (Å²) in [5.74, 6) is 0. The van der Waals surface area contributed by atoms with E-state index in [-0.39, 0.29) is 12.1 Å². The second kappa shape index (κ2) is 10.4. The Kier molecular flexibility index (Phi) is 8.58. The maximum absolute atomic E-state index is 12.4.